The minimum Gasteiger partial charge on any atom is -0.493 e. The lowest BCUT2D eigenvalue weighted by atomic mass is 10.2. The number of carbonyl (C=O) groups is 1. The molecular weight excluding hydrogens is 272 g/mol. The van der Waals surface area contributed by atoms with E-state index >= 15 is 0 Å². The van der Waals surface area contributed by atoms with Gasteiger partial charge >= 0.3 is 0 Å². The van der Waals surface area contributed by atoms with Crippen LogP contribution in [0.3, 0.4) is 0 Å². The third-order valence-corrected chi connectivity index (χ3v) is 3.36. The Kier molecular flexibility index (Phi) is 5.83. The molecule has 0 spiro atoms. The van der Waals surface area contributed by atoms with E-state index in [1.54, 1.807) is 14.2 Å². The van der Waals surface area contributed by atoms with Gasteiger partial charge in [-0.05, 0) is 17.7 Å². The van der Waals surface area contributed by atoms with Crippen molar-refractivity contribution >= 4 is 5.91 Å². The summed E-state index contributed by atoms with van der Waals surface area (Å²) in [7, 11) is 3.19. The zero-order valence-corrected chi connectivity index (χ0v) is 12.5. The summed E-state index contributed by atoms with van der Waals surface area (Å²) < 4.78 is 15.9. The van der Waals surface area contributed by atoms with Gasteiger partial charge in [-0.2, -0.15) is 0 Å². The first-order chi connectivity index (χ1) is 10.2. The SMILES string of the molecule is COc1ccc(CNC(=O)CC2CNCCO2)cc1OC. The minimum atomic E-state index is -0.0378. The van der Waals surface area contributed by atoms with Crippen LogP contribution in [0.15, 0.2) is 18.2 Å². The average molecular weight is 294 g/mol. The molecular formula is C15H22N2O4. The van der Waals surface area contributed by atoms with Crippen molar-refractivity contribution in [3.05, 3.63) is 23.8 Å². The summed E-state index contributed by atoms with van der Waals surface area (Å²) in [5.41, 5.74) is 0.962. The molecule has 21 heavy (non-hydrogen) atoms. The van der Waals surface area contributed by atoms with Crippen LogP contribution in [-0.4, -0.2) is 45.9 Å². The maximum Gasteiger partial charge on any atom is 0.222 e. The highest BCUT2D eigenvalue weighted by Crippen LogP contribution is 2.27. The van der Waals surface area contributed by atoms with E-state index in [0.29, 0.717) is 31.1 Å². The third kappa shape index (κ3) is 4.61. The van der Waals surface area contributed by atoms with Crippen LogP contribution < -0.4 is 20.1 Å². The Bertz CT molecular complexity index is 473. The van der Waals surface area contributed by atoms with Crippen molar-refractivity contribution in [3.63, 3.8) is 0 Å². The quantitative estimate of drug-likeness (QED) is 0.808. The van der Waals surface area contributed by atoms with Crippen molar-refractivity contribution in [2.24, 2.45) is 0 Å². The lowest BCUT2D eigenvalue weighted by Crippen LogP contribution is -2.41. The molecule has 0 bridgehead atoms. The summed E-state index contributed by atoms with van der Waals surface area (Å²) in [6.45, 7) is 2.69. The molecule has 2 N–H and O–H groups in total. The maximum absolute atomic E-state index is 11.9. The van der Waals surface area contributed by atoms with E-state index < -0.39 is 0 Å². The van der Waals surface area contributed by atoms with Gasteiger partial charge in [-0.15, -0.1) is 0 Å². The molecule has 0 saturated carbocycles. The average Bonchev–Trinajstić information content (AvgIpc) is 2.53. The van der Waals surface area contributed by atoms with Gasteiger partial charge in [0.05, 0.1) is 33.4 Å². The monoisotopic (exact) mass is 294 g/mol. The molecule has 1 aromatic rings. The fourth-order valence-corrected chi connectivity index (χ4v) is 2.22. The van der Waals surface area contributed by atoms with E-state index in [-0.39, 0.29) is 12.0 Å². The lowest BCUT2D eigenvalue weighted by Gasteiger charge is -2.23. The van der Waals surface area contributed by atoms with Crippen molar-refractivity contribution in [2.75, 3.05) is 33.9 Å². The van der Waals surface area contributed by atoms with Gasteiger partial charge < -0.3 is 24.8 Å². The predicted molar refractivity (Wildman–Crippen MR) is 78.6 cm³/mol. The largest absolute Gasteiger partial charge is 0.493 e. The highest BCUT2D eigenvalue weighted by molar-refractivity contribution is 5.76. The summed E-state index contributed by atoms with van der Waals surface area (Å²) in [6, 6.07) is 5.59. The maximum atomic E-state index is 11.9. The molecule has 6 heteroatoms. The topological polar surface area (TPSA) is 68.8 Å². The number of amides is 1. The molecule has 1 heterocycles. The van der Waals surface area contributed by atoms with Crippen LogP contribution in [0.5, 0.6) is 11.5 Å². The standard InChI is InChI=1S/C15H22N2O4/c1-19-13-4-3-11(7-14(13)20-2)9-17-15(18)8-12-10-16-5-6-21-12/h3-4,7,12,16H,5-6,8-10H2,1-2H3,(H,17,18). The van der Waals surface area contributed by atoms with Crippen molar-refractivity contribution in [1.29, 1.82) is 0 Å². The van der Waals surface area contributed by atoms with Crippen molar-refractivity contribution in [1.82, 2.24) is 10.6 Å². The molecule has 0 aliphatic carbocycles. The second kappa shape index (κ2) is 7.85. The van der Waals surface area contributed by atoms with E-state index in [4.69, 9.17) is 14.2 Å². The van der Waals surface area contributed by atoms with E-state index in [1.165, 1.54) is 0 Å². The van der Waals surface area contributed by atoms with E-state index in [2.05, 4.69) is 10.6 Å². The summed E-state index contributed by atoms with van der Waals surface area (Å²) in [5.74, 6) is 1.32. The van der Waals surface area contributed by atoms with E-state index in [1.807, 2.05) is 18.2 Å². The highest BCUT2D eigenvalue weighted by atomic mass is 16.5. The van der Waals surface area contributed by atoms with Gasteiger partial charge in [0.2, 0.25) is 5.91 Å². The number of nitrogens with one attached hydrogen (secondary N) is 2. The number of carbonyl (C=O) groups excluding carboxylic acids is 1. The first-order valence-corrected chi connectivity index (χ1v) is 7.03. The first-order valence-electron chi connectivity index (χ1n) is 7.03. The predicted octanol–water partition coefficient (Wildman–Crippen LogP) is 0.699. The van der Waals surface area contributed by atoms with Gasteiger partial charge in [-0.1, -0.05) is 6.07 Å². The molecule has 1 aromatic carbocycles. The molecule has 0 radical (unpaired) electrons. The Morgan fingerprint density at radius 3 is 2.86 bits per heavy atom. The molecule has 0 aromatic heterocycles. The minimum absolute atomic E-state index is 0.0153. The van der Waals surface area contributed by atoms with Gasteiger partial charge in [-0.25, -0.2) is 0 Å². The molecule has 2 rings (SSSR count). The number of hydrogen-bond acceptors (Lipinski definition) is 5. The van der Waals surface area contributed by atoms with Gasteiger partial charge in [0.15, 0.2) is 11.5 Å². The number of morpholine rings is 1. The van der Waals surface area contributed by atoms with Crippen LogP contribution in [0.2, 0.25) is 0 Å². The molecule has 1 aliphatic heterocycles. The Balaban J connectivity index is 1.83. The van der Waals surface area contributed by atoms with Crippen LogP contribution in [-0.2, 0) is 16.1 Å². The molecule has 116 valence electrons. The fraction of sp³-hybridized carbons (Fsp3) is 0.533. The summed E-state index contributed by atoms with van der Waals surface area (Å²) in [4.78, 5) is 11.9. The Morgan fingerprint density at radius 1 is 1.38 bits per heavy atom. The van der Waals surface area contributed by atoms with Crippen LogP contribution in [0.25, 0.3) is 0 Å². The molecule has 1 saturated heterocycles. The lowest BCUT2D eigenvalue weighted by molar-refractivity contribution is -0.124. The molecule has 1 unspecified atom stereocenters. The fourth-order valence-electron chi connectivity index (χ4n) is 2.22. The van der Waals surface area contributed by atoms with E-state index in [9.17, 15) is 4.79 Å². The number of methoxy groups -OCH3 is 2. The van der Waals surface area contributed by atoms with Crippen molar-refractivity contribution < 1.29 is 19.0 Å². The number of rotatable bonds is 6. The Hall–Kier alpha value is -1.79. The summed E-state index contributed by atoms with van der Waals surface area (Å²) in [5, 5.41) is 6.10. The first kappa shape index (κ1) is 15.6. The zero-order chi connectivity index (χ0) is 15.1. The zero-order valence-electron chi connectivity index (χ0n) is 12.5. The van der Waals surface area contributed by atoms with Gasteiger partial charge in [-0.3, -0.25) is 4.79 Å². The molecule has 6 nitrogen and oxygen atoms in total. The molecule has 1 aliphatic rings. The second-order valence-corrected chi connectivity index (χ2v) is 4.87. The van der Waals surface area contributed by atoms with Crippen molar-refractivity contribution in [2.45, 2.75) is 19.1 Å². The highest BCUT2D eigenvalue weighted by Gasteiger charge is 2.17. The second-order valence-electron chi connectivity index (χ2n) is 4.87. The number of hydrogen-bond donors (Lipinski definition) is 2. The molecule has 1 fully saturated rings. The van der Waals surface area contributed by atoms with Crippen LogP contribution in [0, 0.1) is 0 Å². The summed E-state index contributed by atoms with van der Waals surface area (Å²) >= 11 is 0. The van der Waals surface area contributed by atoms with Crippen LogP contribution >= 0.6 is 0 Å². The Labute approximate surface area is 124 Å². The number of benzene rings is 1. The van der Waals surface area contributed by atoms with Gasteiger partial charge in [0, 0.05) is 19.6 Å². The summed E-state index contributed by atoms with van der Waals surface area (Å²) in [6.07, 6.45) is 0.337. The van der Waals surface area contributed by atoms with Gasteiger partial charge in [0.1, 0.15) is 0 Å². The third-order valence-electron chi connectivity index (χ3n) is 3.36. The van der Waals surface area contributed by atoms with Gasteiger partial charge in [0.25, 0.3) is 0 Å². The molecule has 1 atom stereocenters. The van der Waals surface area contributed by atoms with Crippen LogP contribution in [0.1, 0.15) is 12.0 Å². The van der Waals surface area contributed by atoms with E-state index in [0.717, 1.165) is 18.7 Å². The molecule has 1 amide bonds. The van der Waals surface area contributed by atoms with Crippen LogP contribution in [0.4, 0.5) is 0 Å². The normalized spacial score (nSPS) is 18.1. The number of ether oxygens (including phenoxy) is 3. The Morgan fingerprint density at radius 2 is 2.19 bits per heavy atom. The smallest absolute Gasteiger partial charge is 0.222 e. The van der Waals surface area contributed by atoms with Crippen molar-refractivity contribution in [3.8, 4) is 11.5 Å².